The lowest BCUT2D eigenvalue weighted by molar-refractivity contribution is -0.115. The van der Waals surface area contributed by atoms with Crippen molar-refractivity contribution in [2.45, 2.75) is 32.6 Å². The standard InChI is InChI=1S/C20H20N2O3S/c1-4-20(2,3)14-10-13(6-8-16(14)23)15-7-5-12(11-21-15)9-17-18(24)22-19(25)26-17/h5-11,23H,4H2,1-3H3,(H,22,24,25). The molecule has 26 heavy (non-hydrogen) atoms. The average Bonchev–Trinajstić information content (AvgIpc) is 2.93. The van der Waals surface area contributed by atoms with Crippen molar-refractivity contribution in [1.29, 1.82) is 0 Å². The molecule has 0 atom stereocenters. The SMILES string of the molecule is CCC(C)(C)c1cc(-c2ccc(C=C3SC(=O)NC3=O)cn2)ccc1O. The molecule has 1 aliphatic heterocycles. The van der Waals surface area contributed by atoms with Crippen molar-refractivity contribution in [1.82, 2.24) is 10.3 Å². The molecular formula is C20H20N2O3S. The lowest BCUT2D eigenvalue weighted by atomic mass is 9.81. The van der Waals surface area contributed by atoms with Gasteiger partial charge in [0.1, 0.15) is 5.75 Å². The Morgan fingerprint density at radius 2 is 2.00 bits per heavy atom. The number of nitrogens with zero attached hydrogens (tertiary/aromatic N) is 1. The molecule has 3 rings (SSSR count). The molecule has 1 saturated heterocycles. The number of thioether (sulfide) groups is 1. The second-order valence-corrected chi connectivity index (χ2v) is 7.81. The maximum atomic E-state index is 11.6. The van der Waals surface area contributed by atoms with Crippen LogP contribution in [0.15, 0.2) is 41.4 Å². The average molecular weight is 368 g/mol. The number of amides is 2. The van der Waals surface area contributed by atoms with Crippen molar-refractivity contribution in [2.75, 3.05) is 0 Å². The van der Waals surface area contributed by atoms with E-state index < -0.39 is 0 Å². The highest BCUT2D eigenvalue weighted by Gasteiger charge is 2.25. The van der Waals surface area contributed by atoms with Gasteiger partial charge in [0.25, 0.3) is 11.1 Å². The quantitative estimate of drug-likeness (QED) is 0.779. The molecule has 0 radical (unpaired) electrons. The van der Waals surface area contributed by atoms with Crippen LogP contribution in [0.3, 0.4) is 0 Å². The molecule has 134 valence electrons. The highest BCUT2D eigenvalue weighted by molar-refractivity contribution is 8.18. The molecule has 0 bridgehead atoms. The number of imide groups is 1. The molecule has 0 spiro atoms. The molecule has 5 nitrogen and oxygen atoms in total. The zero-order valence-electron chi connectivity index (χ0n) is 14.9. The summed E-state index contributed by atoms with van der Waals surface area (Å²) in [5.41, 5.74) is 3.20. The minimum Gasteiger partial charge on any atom is -0.508 e. The van der Waals surface area contributed by atoms with Gasteiger partial charge in [-0.3, -0.25) is 19.9 Å². The first-order valence-corrected chi connectivity index (χ1v) is 9.16. The molecule has 6 heteroatoms. The van der Waals surface area contributed by atoms with Gasteiger partial charge >= 0.3 is 0 Å². The van der Waals surface area contributed by atoms with Crippen LogP contribution < -0.4 is 5.32 Å². The van der Waals surface area contributed by atoms with E-state index in [1.165, 1.54) is 0 Å². The van der Waals surface area contributed by atoms with Gasteiger partial charge in [0.15, 0.2) is 0 Å². The largest absolute Gasteiger partial charge is 0.508 e. The van der Waals surface area contributed by atoms with E-state index in [0.29, 0.717) is 4.91 Å². The third kappa shape index (κ3) is 3.65. The van der Waals surface area contributed by atoms with Gasteiger partial charge in [-0.25, -0.2) is 0 Å². The van der Waals surface area contributed by atoms with E-state index >= 15 is 0 Å². The number of aromatic hydroxyl groups is 1. The third-order valence-corrected chi connectivity index (χ3v) is 5.44. The molecule has 1 aromatic carbocycles. The van der Waals surface area contributed by atoms with Crippen LogP contribution in [0.5, 0.6) is 5.75 Å². The second-order valence-electron chi connectivity index (χ2n) is 6.80. The number of phenolic OH excluding ortho intramolecular Hbond substituents is 1. The van der Waals surface area contributed by atoms with Gasteiger partial charge in [0.05, 0.1) is 10.6 Å². The Morgan fingerprint density at radius 3 is 2.58 bits per heavy atom. The first kappa shape index (κ1) is 18.2. The van der Waals surface area contributed by atoms with E-state index in [1.54, 1.807) is 18.3 Å². The molecule has 1 aliphatic rings. The first-order valence-electron chi connectivity index (χ1n) is 8.35. The highest BCUT2D eigenvalue weighted by Crippen LogP contribution is 2.36. The summed E-state index contributed by atoms with van der Waals surface area (Å²) in [6, 6.07) is 9.22. The maximum absolute atomic E-state index is 11.6. The number of hydrogen-bond donors (Lipinski definition) is 2. The number of hydrogen-bond acceptors (Lipinski definition) is 5. The minimum absolute atomic E-state index is 0.135. The Morgan fingerprint density at radius 1 is 1.23 bits per heavy atom. The summed E-state index contributed by atoms with van der Waals surface area (Å²) in [5, 5.41) is 12.1. The van der Waals surface area contributed by atoms with Gasteiger partial charge in [0.2, 0.25) is 0 Å². The number of aromatic nitrogens is 1. The van der Waals surface area contributed by atoms with Crippen LogP contribution in [-0.4, -0.2) is 21.2 Å². The van der Waals surface area contributed by atoms with E-state index in [9.17, 15) is 14.7 Å². The summed E-state index contributed by atoms with van der Waals surface area (Å²) in [6.07, 6.45) is 4.21. The number of nitrogens with one attached hydrogen (secondary N) is 1. The Bertz CT molecular complexity index is 902. The topological polar surface area (TPSA) is 79.3 Å². The van der Waals surface area contributed by atoms with Gasteiger partial charge in [-0.2, -0.15) is 0 Å². The van der Waals surface area contributed by atoms with E-state index in [-0.39, 0.29) is 22.3 Å². The van der Waals surface area contributed by atoms with Crippen LogP contribution in [0.2, 0.25) is 0 Å². The summed E-state index contributed by atoms with van der Waals surface area (Å²) in [7, 11) is 0. The smallest absolute Gasteiger partial charge is 0.290 e. The maximum Gasteiger partial charge on any atom is 0.290 e. The zero-order chi connectivity index (χ0) is 18.9. The second kappa shape index (κ2) is 6.96. The normalized spacial score (nSPS) is 16.2. The van der Waals surface area contributed by atoms with Crippen molar-refractivity contribution in [2.24, 2.45) is 0 Å². The van der Waals surface area contributed by atoms with Crippen LogP contribution in [0.4, 0.5) is 4.79 Å². The highest BCUT2D eigenvalue weighted by atomic mass is 32.2. The number of carbonyl (C=O) groups is 2. The van der Waals surface area contributed by atoms with Gasteiger partial charge in [0, 0.05) is 17.3 Å². The zero-order valence-corrected chi connectivity index (χ0v) is 15.7. The lowest BCUT2D eigenvalue weighted by Crippen LogP contribution is -2.17. The molecule has 2 amide bonds. The van der Waals surface area contributed by atoms with E-state index in [2.05, 4.69) is 31.1 Å². The van der Waals surface area contributed by atoms with Crippen LogP contribution in [0.1, 0.15) is 38.3 Å². The Balaban J connectivity index is 1.90. The fourth-order valence-corrected chi connectivity index (χ4v) is 3.34. The number of phenols is 1. The summed E-state index contributed by atoms with van der Waals surface area (Å²) in [5.74, 6) is -0.0926. The van der Waals surface area contributed by atoms with Gasteiger partial charge in [-0.1, -0.05) is 26.8 Å². The van der Waals surface area contributed by atoms with Crippen molar-refractivity contribution in [3.63, 3.8) is 0 Å². The molecule has 0 aliphatic carbocycles. The van der Waals surface area contributed by atoms with Gasteiger partial charge in [-0.05, 0) is 59.5 Å². The third-order valence-electron chi connectivity index (χ3n) is 4.63. The fraction of sp³-hybridized carbons (Fsp3) is 0.250. The summed E-state index contributed by atoms with van der Waals surface area (Å²) in [4.78, 5) is 27.6. The summed E-state index contributed by atoms with van der Waals surface area (Å²) >= 11 is 0.884. The Labute approximate surface area is 156 Å². The molecule has 1 aromatic heterocycles. The van der Waals surface area contributed by atoms with Crippen LogP contribution in [0.25, 0.3) is 17.3 Å². The Kier molecular flexibility index (Phi) is 4.87. The van der Waals surface area contributed by atoms with Crippen LogP contribution in [-0.2, 0) is 10.2 Å². The van der Waals surface area contributed by atoms with Crippen molar-refractivity contribution in [3.05, 3.63) is 52.6 Å². The molecule has 2 aromatic rings. The molecule has 0 unspecified atom stereocenters. The molecular weight excluding hydrogens is 348 g/mol. The number of carbonyl (C=O) groups excluding carboxylic acids is 2. The van der Waals surface area contributed by atoms with Crippen molar-refractivity contribution < 1.29 is 14.7 Å². The summed E-state index contributed by atoms with van der Waals surface area (Å²) in [6.45, 7) is 6.29. The number of benzene rings is 1. The number of pyridine rings is 1. The van der Waals surface area contributed by atoms with Crippen molar-refractivity contribution in [3.8, 4) is 17.0 Å². The molecule has 0 saturated carbocycles. The fourth-order valence-electron chi connectivity index (χ4n) is 2.66. The molecule has 2 heterocycles. The monoisotopic (exact) mass is 368 g/mol. The first-order chi connectivity index (χ1) is 12.3. The predicted molar refractivity (Wildman–Crippen MR) is 104 cm³/mol. The van der Waals surface area contributed by atoms with E-state index in [0.717, 1.165) is 40.6 Å². The lowest BCUT2D eigenvalue weighted by Gasteiger charge is -2.25. The van der Waals surface area contributed by atoms with Gasteiger partial charge < -0.3 is 5.11 Å². The number of rotatable bonds is 4. The minimum atomic E-state index is -0.381. The van der Waals surface area contributed by atoms with Crippen LogP contribution >= 0.6 is 11.8 Å². The molecule has 2 N–H and O–H groups in total. The van der Waals surface area contributed by atoms with Crippen LogP contribution in [0, 0.1) is 0 Å². The molecule has 1 fully saturated rings. The van der Waals surface area contributed by atoms with Gasteiger partial charge in [-0.15, -0.1) is 0 Å². The van der Waals surface area contributed by atoms with E-state index in [4.69, 9.17) is 0 Å². The van der Waals surface area contributed by atoms with E-state index in [1.807, 2.05) is 24.3 Å². The summed E-state index contributed by atoms with van der Waals surface area (Å²) < 4.78 is 0. The Hall–Kier alpha value is -2.60. The predicted octanol–water partition coefficient (Wildman–Crippen LogP) is 4.47. The van der Waals surface area contributed by atoms with Crippen molar-refractivity contribution >= 4 is 29.0 Å².